The quantitative estimate of drug-likeness (QED) is 0.169. The van der Waals surface area contributed by atoms with E-state index in [0.717, 1.165) is 49.7 Å². The van der Waals surface area contributed by atoms with Gasteiger partial charge in [0.05, 0.1) is 25.4 Å². The van der Waals surface area contributed by atoms with E-state index in [1.54, 1.807) is 0 Å². The number of ether oxygens (including phenoxy) is 1. The van der Waals surface area contributed by atoms with E-state index in [4.69, 9.17) is 10.5 Å². The van der Waals surface area contributed by atoms with E-state index in [1.807, 2.05) is 11.8 Å². The van der Waals surface area contributed by atoms with Crippen LogP contribution in [0.1, 0.15) is 59.8 Å². The number of nitrogens with two attached hydrogens (primary N) is 1. The molecule has 0 rings (SSSR count). The largest absolute Gasteiger partial charge is 0.392 e. The van der Waals surface area contributed by atoms with Crippen LogP contribution in [0.2, 0.25) is 0 Å². The molecule has 0 bridgehead atoms. The molecule has 0 aliphatic heterocycles. The summed E-state index contributed by atoms with van der Waals surface area (Å²) in [6.07, 6.45) is 4.00. The first-order valence-electron chi connectivity index (χ1n) is 10.4. The minimum Gasteiger partial charge on any atom is -0.392 e. The Morgan fingerprint density at radius 2 is 1.74 bits per heavy atom. The van der Waals surface area contributed by atoms with Crippen molar-refractivity contribution in [2.75, 3.05) is 37.8 Å². The van der Waals surface area contributed by atoms with Gasteiger partial charge >= 0.3 is 0 Å². The third-order valence-corrected chi connectivity index (χ3v) is 5.17. The lowest BCUT2D eigenvalue weighted by Gasteiger charge is -2.12. The summed E-state index contributed by atoms with van der Waals surface area (Å²) in [6, 6.07) is 0. The fourth-order valence-corrected chi connectivity index (χ4v) is 3.54. The Bertz CT molecular complexity index is 368. The van der Waals surface area contributed by atoms with E-state index in [9.17, 15) is 10.2 Å². The van der Waals surface area contributed by atoms with Crippen molar-refractivity contribution < 1.29 is 14.9 Å². The molecule has 0 spiro atoms. The Morgan fingerprint density at radius 1 is 1.04 bits per heavy atom. The summed E-state index contributed by atoms with van der Waals surface area (Å²) in [4.78, 5) is 4.13. The van der Waals surface area contributed by atoms with Crippen LogP contribution in [0.3, 0.4) is 0 Å². The molecule has 27 heavy (non-hydrogen) atoms. The first-order valence-corrected chi connectivity index (χ1v) is 11.5. The van der Waals surface area contributed by atoms with Gasteiger partial charge in [0, 0.05) is 18.9 Å². The van der Waals surface area contributed by atoms with Crippen molar-refractivity contribution in [3.63, 3.8) is 0 Å². The zero-order valence-electron chi connectivity index (χ0n) is 17.8. The van der Waals surface area contributed by atoms with Gasteiger partial charge in [-0.25, -0.2) is 0 Å². The number of aliphatic hydroxyl groups excluding tert-OH is 2. The second-order valence-electron chi connectivity index (χ2n) is 7.97. The number of nitrogens with one attached hydrogen (secondary N) is 1. The van der Waals surface area contributed by atoms with E-state index in [0.29, 0.717) is 18.5 Å². The molecule has 0 aromatic carbocycles. The van der Waals surface area contributed by atoms with Crippen LogP contribution in [0.4, 0.5) is 0 Å². The van der Waals surface area contributed by atoms with Gasteiger partial charge in [-0.05, 0) is 49.7 Å². The topological polar surface area (TPSA) is 100 Å². The highest BCUT2D eigenvalue weighted by Gasteiger charge is 2.07. The molecule has 0 amide bonds. The maximum Gasteiger partial charge on any atom is 0.188 e. The van der Waals surface area contributed by atoms with Crippen molar-refractivity contribution in [2.24, 2.45) is 22.6 Å². The fourth-order valence-electron chi connectivity index (χ4n) is 2.30. The Labute approximate surface area is 170 Å². The zero-order valence-corrected chi connectivity index (χ0v) is 18.6. The van der Waals surface area contributed by atoms with Gasteiger partial charge in [-0.2, -0.15) is 11.8 Å². The van der Waals surface area contributed by atoms with E-state index < -0.39 is 6.10 Å². The normalized spacial score (nSPS) is 14.7. The predicted molar refractivity (Wildman–Crippen MR) is 117 cm³/mol. The van der Waals surface area contributed by atoms with E-state index in [1.165, 1.54) is 6.42 Å². The Balaban J connectivity index is 3.56. The highest BCUT2D eigenvalue weighted by Crippen LogP contribution is 2.12. The molecule has 0 saturated carbocycles. The summed E-state index contributed by atoms with van der Waals surface area (Å²) in [5, 5.41) is 22.8. The highest BCUT2D eigenvalue weighted by molar-refractivity contribution is 7.99. The number of rotatable bonds is 17. The molecule has 7 heteroatoms. The smallest absolute Gasteiger partial charge is 0.188 e. The first-order chi connectivity index (χ1) is 12.8. The van der Waals surface area contributed by atoms with Gasteiger partial charge < -0.3 is 26.0 Å². The molecule has 162 valence electrons. The number of aliphatic imine (C=N–C) groups is 1. The second-order valence-corrected chi connectivity index (χ2v) is 9.12. The molecule has 0 aliphatic rings. The standard InChI is InChI=1S/C20H43N3O3S/c1-16(2)7-5-10-22-20(21)23-13-19(25)14-26-11-6-8-18(24)15-27-12-9-17(3)4/h16-19,24-25H,5-15H2,1-4H3,(H3,21,22,23). The SMILES string of the molecule is CC(C)CCCNC(N)=NCC(O)COCCCC(O)CSCCC(C)C. The lowest BCUT2D eigenvalue weighted by molar-refractivity contribution is 0.0364. The van der Waals surface area contributed by atoms with Crippen LogP contribution in [0.5, 0.6) is 0 Å². The van der Waals surface area contributed by atoms with Crippen LogP contribution in [-0.2, 0) is 4.74 Å². The van der Waals surface area contributed by atoms with Gasteiger partial charge in [0.15, 0.2) is 5.96 Å². The Kier molecular flexibility index (Phi) is 17.3. The Hall–Kier alpha value is -0.500. The monoisotopic (exact) mass is 405 g/mol. The zero-order chi connectivity index (χ0) is 20.5. The molecule has 0 aromatic rings. The average Bonchev–Trinajstić information content (AvgIpc) is 2.60. The van der Waals surface area contributed by atoms with Crippen LogP contribution in [0.25, 0.3) is 0 Å². The lowest BCUT2D eigenvalue weighted by Crippen LogP contribution is -2.34. The van der Waals surface area contributed by atoms with Crippen molar-refractivity contribution >= 4 is 17.7 Å². The number of guanidine groups is 1. The van der Waals surface area contributed by atoms with Crippen LogP contribution in [-0.4, -0.2) is 66.2 Å². The first kappa shape index (κ1) is 26.5. The van der Waals surface area contributed by atoms with Crippen molar-refractivity contribution in [1.82, 2.24) is 5.32 Å². The summed E-state index contributed by atoms with van der Waals surface area (Å²) in [7, 11) is 0. The molecule has 0 saturated heterocycles. The fraction of sp³-hybridized carbons (Fsp3) is 0.950. The van der Waals surface area contributed by atoms with Crippen LogP contribution >= 0.6 is 11.8 Å². The molecule has 0 radical (unpaired) electrons. The maximum atomic E-state index is 9.92. The maximum absolute atomic E-state index is 9.92. The van der Waals surface area contributed by atoms with Crippen LogP contribution in [0.15, 0.2) is 4.99 Å². The number of hydrogen-bond donors (Lipinski definition) is 4. The van der Waals surface area contributed by atoms with Crippen molar-refractivity contribution in [3.05, 3.63) is 0 Å². The minimum atomic E-state index is -0.655. The van der Waals surface area contributed by atoms with E-state index in [-0.39, 0.29) is 19.3 Å². The van der Waals surface area contributed by atoms with E-state index in [2.05, 4.69) is 38.0 Å². The summed E-state index contributed by atoms with van der Waals surface area (Å²) in [5.74, 6) is 3.67. The van der Waals surface area contributed by atoms with Gasteiger partial charge in [0.1, 0.15) is 0 Å². The third kappa shape index (κ3) is 20.1. The summed E-state index contributed by atoms with van der Waals surface area (Å²) in [5.41, 5.74) is 5.77. The molecular weight excluding hydrogens is 362 g/mol. The lowest BCUT2D eigenvalue weighted by atomic mass is 10.1. The van der Waals surface area contributed by atoms with E-state index >= 15 is 0 Å². The predicted octanol–water partition coefficient (Wildman–Crippen LogP) is 2.62. The van der Waals surface area contributed by atoms with Gasteiger partial charge in [-0.3, -0.25) is 4.99 Å². The molecule has 6 nitrogen and oxygen atoms in total. The number of nitrogens with zero attached hydrogens (tertiary/aromatic N) is 1. The summed E-state index contributed by atoms with van der Waals surface area (Å²) < 4.78 is 5.46. The Morgan fingerprint density at radius 3 is 2.41 bits per heavy atom. The third-order valence-electron chi connectivity index (χ3n) is 4.02. The molecule has 2 atom stereocenters. The highest BCUT2D eigenvalue weighted by atomic mass is 32.2. The molecule has 0 aromatic heterocycles. The molecule has 2 unspecified atom stereocenters. The molecule has 0 aliphatic carbocycles. The van der Waals surface area contributed by atoms with Crippen molar-refractivity contribution in [1.29, 1.82) is 0 Å². The van der Waals surface area contributed by atoms with Gasteiger partial charge in [-0.1, -0.05) is 27.7 Å². The molecular formula is C20H43N3O3S. The number of thioether (sulfide) groups is 1. The van der Waals surface area contributed by atoms with Gasteiger partial charge in [-0.15, -0.1) is 0 Å². The summed E-state index contributed by atoms with van der Waals surface area (Å²) in [6.45, 7) is 10.6. The van der Waals surface area contributed by atoms with Crippen LogP contribution in [0, 0.1) is 11.8 Å². The van der Waals surface area contributed by atoms with Gasteiger partial charge in [0.2, 0.25) is 0 Å². The number of aliphatic hydroxyl groups is 2. The minimum absolute atomic E-state index is 0.234. The van der Waals surface area contributed by atoms with Crippen molar-refractivity contribution in [2.45, 2.75) is 72.0 Å². The molecule has 0 fully saturated rings. The molecule has 0 heterocycles. The van der Waals surface area contributed by atoms with Crippen LogP contribution < -0.4 is 11.1 Å². The summed E-state index contributed by atoms with van der Waals surface area (Å²) >= 11 is 1.81. The average molecular weight is 406 g/mol. The molecule has 5 N–H and O–H groups in total. The number of hydrogen-bond acceptors (Lipinski definition) is 5. The second kappa shape index (κ2) is 17.6. The van der Waals surface area contributed by atoms with Gasteiger partial charge in [0.25, 0.3) is 0 Å². The van der Waals surface area contributed by atoms with Crippen molar-refractivity contribution in [3.8, 4) is 0 Å².